The van der Waals surface area contributed by atoms with Crippen LogP contribution >= 0.6 is 0 Å². The van der Waals surface area contributed by atoms with Crippen LogP contribution in [0.15, 0.2) is 21.7 Å². The number of methoxy groups -OCH3 is 3. The Labute approximate surface area is 173 Å². The highest BCUT2D eigenvalue weighted by Gasteiger charge is 2.24. The lowest BCUT2D eigenvalue weighted by atomic mass is 10.2. The third-order valence-electron chi connectivity index (χ3n) is 5.51. The fourth-order valence-corrected chi connectivity index (χ4v) is 3.57. The first kappa shape index (κ1) is 21.8. The van der Waals surface area contributed by atoms with Crippen LogP contribution in [0.1, 0.15) is 6.92 Å². The third-order valence-corrected chi connectivity index (χ3v) is 5.51. The Balaban J connectivity index is 1.72. The van der Waals surface area contributed by atoms with Crippen molar-refractivity contribution in [2.75, 3.05) is 54.1 Å². The van der Waals surface area contributed by atoms with E-state index >= 15 is 0 Å². The van der Waals surface area contributed by atoms with Gasteiger partial charge in [0, 0.05) is 52.4 Å². The van der Waals surface area contributed by atoms with E-state index in [2.05, 4.69) is 9.88 Å². The molecule has 0 bridgehead atoms. The Hall–Kier alpha value is -2.85. The van der Waals surface area contributed by atoms with Crippen LogP contribution < -0.4 is 20.7 Å². The minimum absolute atomic E-state index is 0.0243. The number of nitrogens with zero attached hydrogens (tertiary/aromatic N) is 3. The lowest BCUT2D eigenvalue weighted by Gasteiger charge is -2.35. The average Bonchev–Trinajstić information content (AvgIpc) is 2.77. The molecule has 1 aliphatic rings. The molecule has 0 radical (unpaired) electrons. The number of ether oxygens (including phenoxy) is 3. The number of H-pyrrole nitrogens is 1. The third kappa shape index (κ3) is 4.34. The summed E-state index contributed by atoms with van der Waals surface area (Å²) in [6.07, 6.45) is -0.457. The molecule has 1 aromatic heterocycles. The summed E-state index contributed by atoms with van der Waals surface area (Å²) in [5.41, 5.74) is -0.446. The molecule has 1 N–H and O–H groups in total. The summed E-state index contributed by atoms with van der Waals surface area (Å²) in [7, 11) is 4.50. The van der Waals surface area contributed by atoms with Crippen molar-refractivity contribution >= 4 is 16.8 Å². The van der Waals surface area contributed by atoms with Crippen molar-refractivity contribution in [1.82, 2.24) is 19.4 Å². The van der Waals surface area contributed by atoms with E-state index in [-0.39, 0.29) is 18.0 Å². The number of benzene rings is 1. The molecule has 1 fully saturated rings. The van der Waals surface area contributed by atoms with Crippen molar-refractivity contribution in [3.63, 3.8) is 0 Å². The molecule has 10 heteroatoms. The van der Waals surface area contributed by atoms with E-state index in [1.807, 2.05) is 0 Å². The van der Waals surface area contributed by atoms with Crippen LogP contribution in [0.4, 0.5) is 0 Å². The number of aromatic amines is 1. The highest BCUT2D eigenvalue weighted by Crippen LogP contribution is 2.29. The number of rotatable bonds is 7. The molecule has 1 aromatic carbocycles. The summed E-state index contributed by atoms with van der Waals surface area (Å²) >= 11 is 0. The maximum Gasteiger partial charge on any atom is 0.328 e. The summed E-state index contributed by atoms with van der Waals surface area (Å²) in [4.78, 5) is 44.2. The Bertz CT molecular complexity index is 1020. The van der Waals surface area contributed by atoms with Gasteiger partial charge in [-0.05, 0) is 13.0 Å². The van der Waals surface area contributed by atoms with E-state index in [4.69, 9.17) is 14.2 Å². The molecule has 0 spiro atoms. The highest BCUT2D eigenvalue weighted by molar-refractivity contribution is 5.81. The standard InChI is InChI=1S/C20H28N4O6/c1-13(28-2)18(25)23-8-5-22(6-9-23)7-10-24-19(26)14-11-16(29-3)17(30-4)12-15(14)21-20(24)27/h11-13H,5-10H2,1-4H3,(H,21,27). The second kappa shape index (κ2) is 9.31. The number of carbonyl (C=O) groups excluding carboxylic acids is 1. The smallest absolute Gasteiger partial charge is 0.328 e. The molecule has 10 nitrogen and oxygen atoms in total. The van der Waals surface area contributed by atoms with Crippen LogP contribution in [0.3, 0.4) is 0 Å². The van der Waals surface area contributed by atoms with Crippen LogP contribution in [0, 0.1) is 0 Å². The second-order valence-corrected chi connectivity index (χ2v) is 7.18. The number of aromatic nitrogens is 2. The molecule has 1 aliphatic heterocycles. The number of fused-ring (bicyclic) bond motifs is 1. The maximum atomic E-state index is 12.9. The van der Waals surface area contributed by atoms with Gasteiger partial charge in [-0.25, -0.2) is 4.79 Å². The van der Waals surface area contributed by atoms with Gasteiger partial charge in [0.25, 0.3) is 11.5 Å². The first-order chi connectivity index (χ1) is 14.4. The van der Waals surface area contributed by atoms with E-state index < -0.39 is 11.8 Å². The predicted octanol–water partition coefficient (Wildman–Crippen LogP) is -0.114. The predicted molar refractivity (Wildman–Crippen MR) is 111 cm³/mol. The molecule has 0 saturated carbocycles. The van der Waals surface area contributed by atoms with Gasteiger partial charge in [-0.3, -0.25) is 19.1 Å². The lowest BCUT2D eigenvalue weighted by molar-refractivity contribution is -0.142. The molecule has 1 amide bonds. The molecule has 0 aliphatic carbocycles. The van der Waals surface area contributed by atoms with Gasteiger partial charge in [0.15, 0.2) is 11.5 Å². The van der Waals surface area contributed by atoms with E-state index in [1.54, 1.807) is 24.0 Å². The first-order valence-corrected chi connectivity index (χ1v) is 9.82. The number of nitrogens with one attached hydrogen (secondary N) is 1. The Morgan fingerprint density at radius 3 is 2.27 bits per heavy atom. The van der Waals surface area contributed by atoms with E-state index in [1.165, 1.54) is 25.9 Å². The van der Waals surface area contributed by atoms with Crippen molar-refractivity contribution in [1.29, 1.82) is 0 Å². The van der Waals surface area contributed by atoms with Crippen LogP contribution in [0.25, 0.3) is 10.9 Å². The first-order valence-electron chi connectivity index (χ1n) is 9.82. The highest BCUT2D eigenvalue weighted by atomic mass is 16.5. The molecule has 164 valence electrons. The molecule has 30 heavy (non-hydrogen) atoms. The van der Waals surface area contributed by atoms with Crippen LogP contribution in [-0.2, 0) is 16.1 Å². The Morgan fingerprint density at radius 2 is 1.67 bits per heavy atom. The average molecular weight is 420 g/mol. The molecule has 3 rings (SSSR count). The maximum absolute atomic E-state index is 12.9. The van der Waals surface area contributed by atoms with Crippen molar-refractivity contribution in [3.05, 3.63) is 33.0 Å². The van der Waals surface area contributed by atoms with Gasteiger partial charge in [0.2, 0.25) is 0 Å². The fraction of sp³-hybridized carbons (Fsp3) is 0.550. The molecule has 2 heterocycles. The van der Waals surface area contributed by atoms with Crippen LogP contribution in [-0.4, -0.2) is 85.4 Å². The van der Waals surface area contributed by atoms with E-state index in [9.17, 15) is 14.4 Å². The molecule has 2 aromatic rings. The van der Waals surface area contributed by atoms with Gasteiger partial charge in [0.1, 0.15) is 6.10 Å². The zero-order valence-electron chi connectivity index (χ0n) is 17.8. The largest absolute Gasteiger partial charge is 0.493 e. The number of piperazine rings is 1. The minimum Gasteiger partial charge on any atom is -0.493 e. The summed E-state index contributed by atoms with van der Waals surface area (Å²) in [6, 6.07) is 3.16. The van der Waals surface area contributed by atoms with Gasteiger partial charge in [0.05, 0.1) is 25.1 Å². The number of hydrogen-bond acceptors (Lipinski definition) is 7. The van der Waals surface area contributed by atoms with E-state index in [0.717, 1.165) is 0 Å². The zero-order valence-corrected chi connectivity index (χ0v) is 17.8. The lowest BCUT2D eigenvalue weighted by Crippen LogP contribution is -2.52. The van der Waals surface area contributed by atoms with Crippen LogP contribution in [0.5, 0.6) is 11.5 Å². The molecule has 1 atom stereocenters. The van der Waals surface area contributed by atoms with Gasteiger partial charge in [-0.2, -0.15) is 0 Å². The Morgan fingerprint density at radius 1 is 1.03 bits per heavy atom. The molecular weight excluding hydrogens is 392 g/mol. The topological polar surface area (TPSA) is 106 Å². The SMILES string of the molecule is COc1cc2[nH]c(=O)n(CCN3CCN(C(=O)C(C)OC)CC3)c(=O)c2cc1OC. The minimum atomic E-state index is -0.470. The summed E-state index contributed by atoms with van der Waals surface area (Å²) in [6.45, 7) is 5.04. The van der Waals surface area contributed by atoms with E-state index in [0.29, 0.717) is 55.1 Å². The number of carbonyl (C=O) groups is 1. The zero-order chi connectivity index (χ0) is 21.8. The second-order valence-electron chi connectivity index (χ2n) is 7.18. The fourth-order valence-electron chi connectivity index (χ4n) is 3.57. The number of hydrogen-bond donors (Lipinski definition) is 1. The van der Waals surface area contributed by atoms with Crippen molar-refractivity contribution in [2.24, 2.45) is 0 Å². The number of amides is 1. The van der Waals surface area contributed by atoms with Crippen molar-refractivity contribution < 1.29 is 19.0 Å². The monoisotopic (exact) mass is 420 g/mol. The molecule has 1 unspecified atom stereocenters. The van der Waals surface area contributed by atoms with Gasteiger partial charge in [-0.1, -0.05) is 0 Å². The van der Waals surface area contributed by atoms with Crippen LogP contribution in [0.2, 0.25) is 0 Å². The normalized spacial score (nSPS) is 15.9. The summed E-state index contributed by atoms with van der Waals surface area (Å²) in [5.74, 6) is 0.837. The van der Waals surface area contributed by atoms with Crippen molar-refractivity contribution in [3.8, 4) is 11.5 Å². The van der Waals surface area contributed by atoms with Gasteiger partial charge >= 0.3 is 5.69 Å². The Kier molecular flexibility index (Phi) is 6.78. The summed E-state index contributed by atoms with van der Waals surface area (Å²) < 4.78 is 16.8. The molecular formula is C20H28N4O6. The molecule has 1 saturated heterocycles. The summed E-state index contributed by atoms with van der Waals surface area (Å²) in [5, 5.41) is 0.358. The van der Waals surface area contributed by atoms with Gasteiger partial charge in [-0.15, -0.1) is 0 Å². The quantitative estimate of drug-likeness (QED) is 0.666. The van der Waals surface area contributed by atoms with Crippen molar-refractivity contribution in [2.45, 2.75) is 19.6 Å². The van der Waals surface area contributed by atoms with Gasteiger partial charge < -0.3 is 24.1 Å².